The maximum atomic E-state index is 11.4. The smallest absolute Gasteiger partial charge is 0.345 e. The van der Waals surface area contributed by atoms with Crippen molar-refractivity contribution in [3.05, 3.63) is 59.2 Å². The molecule has 0 amide bonds. The Balaban J connectivity index is 2.12. The molecule has 0 heterocycles. The number of ether oxygens (including phenoxy) is 2. The van der Waals surface area contributed by atoms with Gasteiger partial charge >= 0.3 is 5.97 Å². The van der Waals surface area contributed by atoms with Crippen LogP contribution in [-0.2, 0) is 11.2 Å². The van der Waals surface area contributed by atoms with Crippen molar-refractivity contribution in [3.8, 4) is 11.5 Å². The second kappa shape index (κ2) is 6.98. The number of carbonyl (C=O) groups is 1. The molecule has 22 heavy (non-hydrogen) atoms. The summed E-state index contributed by atoms with van der Waals surface area (Å²) in [4.78, 5) is 11.4. The van der Waals surface area contributed by atoms with Crippen LogP contribution in [0.4, 0.5) is 0 Å². The van der Waals surface area contributed by atoms with Crippen LogP contribution in [0.5, 0.6) is 11.5 Å². The molecule has 2 aromatic carbocycles. The number of hydrogen-bond donors (Lipinski definition) is 1. The summed E-state index contributed by atoms with van der Waals surface area (Å²) in [5.41, 5.74) is 3.28. The lowest BCUT2D eigenvalue weighted by atomic mass is 10.0. The van der Waals surface area contributed by atoms with Crippen molar-refractivity contribution < 1.29 is 19.4 Å². The van der Waals surface area contributed by atoms with Gasteiger partial charge in [-0.15, -0.1) is 0 Å². The number of methoxy groups -OCH3 is 1. The van der Waals surface area contributed by atoms with Gasteiger partial charge in [0.15, 0.2) is 6.10 Å². The normalized spacial score (nSPS) is 11.8. The highest BCUT2D eigenvalue weighted by atomic mass is 16.5. The molecule has 0 bridgehead atoms. The van der Waals surface area contributed by atoms with Crippen LogP contribution in [0.1, 0.15) is 16.7 Å². The van der Waals surface area contributed by atoms with Gasteiger partial charge in [-0.2, -0.15) is 0 Å². The minimum absolute atomic E-state index is 0.322. The van der Waals surface area contributed by atoms with E-state index in [0.717, 1.165) is 11.1 Å². The van der Waals surface area contributed by atoms with E-state index in [1.165, 1.54) is 5.56 Å². The van der Waals surface area contributed by atoms with E-state index in [-0.39, 0.29) is 0 Å². The van der Waals surface area contributed by atoms with Crippen LogP contribution in [0.2, 0.25) is 0 Å². The number of carboxylic acids is 1. The summed E-state index contributed by atoms with van der Waals surface area (Å²) in [5.74, 6) is 0.236. The largest absolute Gasteiger partial charge is 0.497 e. The maximum absolute atomic E-state index is 11.4. The highest BCUT2D eigenvalue weighted by Crippen LogP contribution is 2.20. The van der Waals surface area contributed by atoms with Crippen LogP contribution < -0.4 is 9.47 Å². The second-order valence-electron chi connectivity index (χ2n) is 5.24. The Morgan fingerprint density at radius 1 is 1.05 bits per heavy atom. The Kier molecular flexibility index (Phi) is 5.04. The van der Waals surface area contributed by atoms with Crippen LogP contribution in [0.15, 0.2) is 42.5 Å². The molecule has 0 aliphatic rings. The highest BCUT2D eigenvalue weighted by Gasteiger charge is 2.20. The third-order valence-electron chi connectivity index (χ3n) is 3.61. The van der Waals surface area contributed by atoms with Crippen molar-refractivity contribution in [2.75, 3.05) is 7.11 Å². The lowest BCUT2D eigenvalue weighted by molar-refractivity contribution is -0.145. The van der Waals surface area contributed by atoms with E-state index >= 15 is 0 Å². The number of hydrogen-bond acceptors (Lipinski definition) is 3. The van der Waals surface area contributed by atoms with E-state index in [0.29, 0.717) is 17.9 Å². The first-order chi connectivity index (χ1) is 10.5. The van der Waals surface area contributed by atoms with Crippen LogP contribution in [0.25, 0.3) is 0 Å². The van der Waals surface area contributed by atoms with Gasteiger partial charge in [-0.25, -0.2) is 4.79 Å². The number of aryl methyl sites for hydroxylation is 2. The summed E-state index contributed by atoms with van der Waals surface area (Å²) in [6, 6.07) is 12.8. The average molecular weight is 300 g/mol. The monoisotopic (exact) mass is 300 g/mol. The standard InChI is InChI=1S/C18H20O4/c1-12-4-5-14(10-13(12)2)11-17(18(19)20)22-16-8-6-15(21-3)7-9-16/h4-10,17H,11H2,1-3H3,(H,19,20)/t17-/m1/s1. The zero-order valence-corrected chi connectivity index (χ0v) is 13.0. The molecule has 0 aliphatic heterocycles. The summed E-state index contributed by atoms with van der Waals surface area (Å²) in [6.45, 7) is 4.04. The SMILES string of the molecule is COc1ccc(O[C@H](Cc2ccc(C)c(C)c2)C(=O)O)cc1. The third-order valence-corrected chi connectivity index (χ3v) is 3.61. The molecular weight excluding hydrogens is 280 g/mol. The molecule has 0 unspecified atom stereocenters. The predicted molar refractivity (Wildman–Crippen MR) is 84.7 cm³/mol. The van der Waals surface area contributed by atoms with Crippen molar-refractivity contribution in [2.24, 2.45) is 0 Å². The molecule has 0 radical (unpaired) electrons. The Morgan fingerprint density at radius 2 is 1.68 bits per heavy atom. The number of carboxylic acid groups (broad SMARTS) is 1. The van der Waals surface area contributed by atoms with Crippen molar-refractivity contribution in [2.45, 2.75) is 26.4 Å². The van der Waals surface area contributed by atoms with Gasteiger partial charge in [0, 0.05) is 6.42 Å². The van der Waals surface area contributed by atoms with Gasteiger partial charge in [0.2, 0.25) is 0 Å². The van der Waals surface area contributed by atoms with Gasteiger partial charge in [-0.3, -0.25) is 0 Å². The zero-order chi connectivity index (χ0) is 16.1. The molecule has 2 rings (SSSR count). The van der Waals surface area contributed by atoms with E-state index in [4.69, 9.17) is 9.47 Å². The van der Waals surface area contributed by atoms with E-state index in [1.54, 1.807) is 31.4 Å². The van der Waals surface area contributed by atoms with Crippen molar-refractivity contribution >= 4 is 5.97 Å². The molecule has 1 N–H and O–H groups in total. The molecule has 1 atom stereocenters. The van der Waals surface area contributed by atoms with Crippen LogP contribution >= 0.6 is 0 Å². The van der Waals surface area contributed by atoms with Gasteiger partial charge in [0.1, 0.15) is 11.5 Å². The molecule has 116 valence electrons. The minimum Gasteiger partial charge on any atom is -0.497 e. The lowest BCUT2D eigenvalue weighted by Gasteiger charge is -2.16. The average Bonchev–Trinajstić information content (AvgIpc) is 2.51. The lowest BCUT2D eigenvalue weighted by Crippen LogP contribution is -2.29. The van der Waals surface area contributed by atoms with Crippen LogP contribution in [0, 0.1) is 13.8 Å². The topological polar surface area (TPSA) is 55.8 Å². The summed E-state index contributed by atoms with van der Waals surface area (Å²) in [6.07, 6.45) is -0.599. The molecular formula is C18H20O4. The van der Waals surface area contributed by atoms with E-state index in [1.807, 2.05) is 32.0 Å². The third kappa shape index (κ3) is 4.01. The van der Waals surface area contributed by atoms with Crippen molar-refractivity contribution in [1.29, 1.82) is 0 Å². The Hall–Kier alpha value is -2.49. The number of aliphatic carboxylic acids is 1. The zero-order valence-electron chi connectivity index (χ0n) is 13.0. The molecule has 0 spiro atoms. The van der Waals surface area contributed by atoms with Crippen LogP contribution in [-0.4, -0.2) is 24.3 Å². The molecule has 0 saturated carbocycles. The van der Waals surface area contributed by atoms with E-state index in [9.17, 15) is 9.90 Å². The fraction of sp³-hybridized carbons (Fsp3) is 0.278. The molecule has 2 aromatic rings. The number of rotatable bonds is 6. The molecule has 0 fully saturated rings. The van der Waals surface area contributed by atoms with Crippen molar-refractivity contribution in [3.63, 3.8) is 0 Å². The first-order valence-electron chi connectivity index (χ1n) is 7.09. The number of benzene rings is 2. The van der Waals surface area contributed by atoms with E-state index in [2.05, 4.69) is 0 Å². The summed E-state index contributed by atoms with van der Waals surface area (Å²) in [7, 11) is 1.58. The molecule has 0 aromatic heterocycles. The Bertz CT molecular complexity index is 647. The van der Waals surface area contributed by atoms with Gasteiger partial charge < -0.3 is 14.6 Å². The fourth-order valence-corrected chi connectivity index (χ4v) is 2.14. The quantitative estimate of drug-likeness (QED) is 0.888. The van der Waals surface area contributed by atoms with E-state index < -0.39 is 12.1 Å². The molecule has 4 heteroatoms. The van der Waals surface area contributed by atoms with Gasteiger partial charge in [-0.1, -0.05) is 18.2 Å². The first kappa shape index (κ1) is 15.9. The molecule has 0 aliphatic carbocycles. The second-order valence-corrected chi connectivity index (χ2v) is 5.24. The maximum Gasteiger partial charge on any atom is 0.345 e. The van der Waals surface area contributed by atoms with Crippen molar-refractivity contribution in [1.82, 2.24) is 0 Å². The van der Waals surface area contributed by atoms with Gasteiger partial charge in [0.25, 0.3) is 0 Å². The first-order valence-corrected chi connectivity index (χ1v) is 7.09. The Morgan fingerprint density at radius 3 is 2.23 bits per heavy atom. The highest BCUT2D eigenvalue weighted by molar-refractivity contribution is 5.73. The van der Waals surface area contributed by atoms with Gasteiger partial charge in [0.05, 0.1) is 7.11 Å². The van der Waals surface area contributed by atoms with Gasteiger partial charge in [-0.05, 0) is 54.8 Å². The summed E-state index contributed by atoms with van der Waals surface area (Å²) >= 11 is 0. The minimum atomic E-state index is -0.978. The summed E-state index contributed by atoms with van der Waals surface area (Å²) in [5, 5.41) is 9.37. The molecule has 0 saturated heterocycles. The fourth-order valence-electron chi connectivity index (χ4n) is 2.14. The summed E-state index contributed by atoms with van der Waals surface area (Å²) < 4.78 is 10.7. The Labute approximate surface area is 130 Å². The molecule has 4 nitrogen and oxygen atoms in total. The predicted octanol–water partition coefficient (Wildman–Crippen LogP) is 3.39. The van der Waals surface area contributed by atoms with Crippen LogP contribution in [0.3, 0.4) is 0 Å².